The van der Waals surface area contributed by atoms with Crippen LogP contribution in [0.25, 0.3) is 0 Å². The van der Waals surface area contributed by atoms with Crippen LogP contribution < -0.4 is 4.57 Å². The minimum absolute atomic E-state index is 1.25. The van der Waals surface area contributed by atoms with Gasteiger partial charge in [-0.2, -0.15) is 0 Å². The summed E-state index contributed by atoms with van der Waals surface area (Å²) in [5, 5.41) is 0. The number of pyridine rings is 1. The molecule has 108 valence electrons. The monoisotopic (exact) mass is 262 g/mol. The maximum atomic E-state index is 2.30. The first-order valence-electron chi connectivity index (χ1n) is 8.11. The molecule has 0 bridgehead atoms. The number of hydrogen-bond acceptors (Lipinski definition) is 0. The molecular formula is C18H32N+. The summed E-state index contributed by atoms with van der Waals surface area (Å²) in [6.07, 6.45) is 14.7. The van der Waals surface area contributed by atoms with Crippen LogP contribution in [0.1, 0.15) is 75.1 Å². The molecule has 1 aromatic rings. The van der Waals surface area contributed by atoms with Gasteiger partial charge in [0.2, 0.25) is 0 Å². The molecule has 0 atom stereocenters. The maximum absolute atomic E-state index is 2.30. The number of aromatic nitrogens is 1. The van der Waals surface area contributed by atoms with Gasteiger partial charge >= 0.3 is 0 Å². The lowest BCUT2D eigenvalue weighted by molar-refractivity contribution is -0.678. The van der Waals surface area contributed by atoms with Gasteiger partial charge in [0, 0.05) is 18.6 Å². The molecule has 0 aliphatic carbocycles. The molecule has 1 heteroatoms. The molecule has 0 unspecified atom stereocenters. The third kappa shape index (κ3) is 5.76. The van der Waals surface area contributed by atoms with Gasteiger partial charge in [-0.25, -0.2) is 4.57 Å². The van der Waals surface area contributed by atoms with Crippen molar-refractivity contribution in [1.82, 2.24) is 0 Å². The van der Waals surface area contributed by atoms with E-state index in [0.29, 0.717) is 0 Å². The lowest BCUT2D eigenvalue weighted by Gasteiger charge is -2.07. The SMILES string of the molecule is CCCCCCCCCCc1cc[n+](C)c(C)c1C. The maximum Gasteiger partial charge on any atom is 0.181 e. The van der Waals surface area contributed by atoms with Gasteiger partial charge in [0.15, 0.2) is 11.9 Å². The van der Waals surface area contributed by atoms with Crippen LogP contribution in [0.3, 0.4) is 0 Å². The van der Waals surface area contributed by atoms with Crippen molar-refractivity contribution in [3.63, 3.8) is 0 Å². The fraction of sp³-hybridized carbons (Fsp3) is 0.722. The number of nitrogens with zero attached hydrogens (tertiary/aromatic N) is 1. The fourth-order valence-electron chi connectivity index (χ4n) is 2.66. The third-order valence-electron chi connectivity index (χ3n) is 4.35. The van der Waals surface area contributed by atoms with Gasteiger partial charge < -0.3 is 0 Å². The third-order valence-corrected chi connectivity index (χ3v) is 4.35. The zero-order valence-corrected chi connectivity index (χ0v) is 13.5. The summed E-state index contributed by atoms with van der Waals surface area (Å²) in [4.78, 5) is 0. The van der Waals surface area contributed by atoms with Gasteiger partial charge in [0.05, 0.1) is 0 Å². The Hall–Kier alpha value is -0.850. The van der Waals surface area contributed by atoms with Crippen LogP contribution in [0.4, 0.5) is 0 Å². The van der Waals surface area contributed by atoms with E-state index in [0.717, 1.165) is 0 Å². The number of rotatable bonds is 9. The molecule has 0 saturated carbocycles. The van der Waals surface area contributed by atoms with Crippen molar-refractivity contribution in [2.45, 2.75) is 78.6 Å². The highest BCUT2D eigenvalue weighted by atomic mass is 14.9. The molecule has 1 rings (SSSR count). The van der Waals surface area contributed by atoms with E-state index >= 15 is 0 Å². The Kier molecular flexibility index (Phi) is 7.78. The number of hydrogen-bond donors (Lipinski definition) is 0. The summed E-state index contributed by atoms with van der Waals surface area (Å²) in [6.45, 7) is 6.76. The molecule has 19 heavy (non-hydrogen) atoms. The highest BCUT2D eigenvalue weighted by molar-refractivity contribution is 5.24. The van der Waals surface area contributed by atoms with Crippen molar-refractivity contribution in [2.75, 3.05) is 0 Å². The van der Waals surface area contributed by atoms with Crippen LogP contribution in [0, 0.1) is 13.8 Å². The Bertz CT molecular complexity index is 368. The molecule has 0 amide bonds. The molecular weight excluding hydrogens is 230 g/mol. The van der Waals surface area contributed by atoms with Crippen molar-refractivity contribution >= 4 is 0 Å². The minimum Gasteiger partial charge on any atom is -0.205 e. The van der Waals surface area contributed by atoms with E-state index in [9.17, 15) is 0 Å². The lowest BCUT2D eigenvalue weighted by Crippen LogP contribution is -2.32. The highest BCUT2D eigenvalue weighted by Crippen LogP contribution is 2.14. The van der Waals surface area contributed by atoms with Gasteiger partial charge in [-0.05, 0) is 25.3 Å². The largest absolute Gasteiger partial charge is 0.205 e. The fourth-order valence-corrected chi connectivity index (χ4v) is 2.66. The smallest absolute Gasteiger partial charge is 0.181 e. The number of aryl methyl sites for hydroxylation is 2. The molecule has 0 spiro atoms. The summed E-state index contributed by atoms with van der Waals surface area (Å²) < 4.78 is 2.21. The van der Waals surface area contributed by atoms with Crippen LogP contribution in [0.15, 0.2) is 12.3 Å². The predicted octanol–water partition coefficient (Wildman–Crippen LogP) is 4.81. The first-order chi connectivity index (χ1) is 9.16. The van der Waals surface area contributed by atoms with Crippen molar-refractivity contribution in [3.8, 4) is 0 Å². The van der Waals surface area contributed by atoms with E-state index in [1.54, 1.807) is 5.56 Å². The average Bonchev–Trinajstić information content (AvgIpc) is 2.41. The van der Waals surface area contributed by atoms with Crippen molar-refractivity contribution in [3.05, 3.63) is 29.1 Å². The summed E-state index contributed by atoms with van der Waals surface area (Å²) in [6, 6.07) is 2.30. The van der Waals surface area contributed by atoms with E-state index in [-0.39, 0.29) is 0 Å². The molecule has 0 aliphatic heterocycles. The Balaban J connectivity index is 2.18. The van der Waals surface area contributed by atoms with Crippen molar-refractivity contribution in [1.29, 1.82) is 0 Å². The van der Waals surface area contributed by atoms with Crippen LogP contribution in [-0.4, -0.2) is 0 Å². The Morgan fingerprint density at radius 2 is 1.47 bits per heavy atom. The Morgan fingerprint density at radius 3 is 2.11 bits per heavy atom. The van der Waals surface area contributed by atoms with Gasteiger partial charge in [-0.3, -0.25) is 0 Å². The van der Waals surface area contributed by atoms with Crippen molar-refractivity contribution in [2.24, 2.45) is 7.05 Å². The van der Waals surface area contributed by atoms with E-state index in [1.807, 2.05) is 0 Å². The zero-order valence-electron chi connectivity index (χ0n) is 13.5. The minimum atomic E-state index is 1.25. The first-order valence-corrected chi connectivity index (χ1v) is 8.11. The summed E-state index contributed by atoms with van der Waals surface area (Å²) >= 11 is 0. The molecule has 1 aromatic heterocycles. The van der Waals surface area contributed by atoms with Crippen LogP contribution in [0.5, 0.6) is 0 Å². The second kappa shape index (κ2) is 9.12. The molecule has 0 aliphatic rings. The van der Waals surface area contributed by atoms with Gasteiger partial charge in [-0.15, -0.1) is 0 Å². The first kappa shape index (κ1) is 16.2. The topological polar surface area (TPSA) is 3.88 Å². The van der Waals surface area contributed by atoms with E-state index in [2.05, 4.69) is 44.6 Å². The van der Waals surface area contributed by atoms with Crippen LogP contribution in [-0.2, 0) is 13.5 Å². The summed E-state index contributed by atoms with van der Waals surface area (Å²) in [5.41, 5.74) is 4.42. The quantitative estimate of drug-likeness (QED) is 0.444. The zero-order chi connectivity index (χ0) is 14.1. The van der Waals surface area contributed by atoms with Gasteiger partial charge in [0.1, 0.15) is 7.05 Å². The molecule has 0 saturated heterocycles. The van der Waals surface area contributed by atoms with Gasteiger partial charge in [0.25, 0.3) is 0 Å². The highest BCUT2D eigenvalue weighted by Gasteiger charge is 2.08. The van der Waals surface area contributed by atoms with Crippen LogP contribution in [0.2, 0.25) is 0 Å². The standard InChI is InChI=1S/C18H32N/c1-5-6-7-8-9-10-11-12-13-18-14-15-19(4)17(3)16(18)2/h14-15H,5-13H2,1-4H3/q+1. The lowest BCUT2D eigenvalue weighted by atomic mass is 10.0. The van der Waals surface area contributed by atoms with E-state index in [1.165, 1.54) is 69.0 Å². The summed E-state index contributed by atoms with van der Waals surface area (Å²) in [5.74, 6) is 0. The van der Waals surface area contributed by atoms with E-state index in [4.69, 9.17) is 0 Å². The average molecular weight is 262 g/mol. The molecule has 0 radical (unpaired) electrons. The molecule has 0 fully saturated rings. The van der Waals surface area contributed by atoms with Crippen molar-refractivity contribution < 1.29 is 4.57 Å². The Labute approximate surface area is 120 Å². The number of unbranched alkanes of at least 4 members (excludes halogenated alkanes) is 7. The molecule has 0 aromatic carbocycles. The molecule has 1 heterocycles. The normalized spacial score (nSPS) is 10.9. The van der Waals surface area contributed by atoms with Gasteiger partial charge in [-0.1, -0.05) is 51.9 Å². The Morgan fingerprint density at radius 1 is 0.895 bits per heavy atom. The second-order valence-corrected chi connectivity index (χ2v) is 5.89. The second-order valence-electron chi connectivity index (χ2n) is 5.89. The van der Waals surface area contributed by atoms with Crippen LogP contribution >= 0.6 is 0 Å². The molecule has 1 nitrogen and oxygen atoms in total. The summed E-state index contributed by atoms with van der Waals surface area (Å²) in [7, 11) is 2.13. The van der Waals surface area contributed by atoms with E-state index < -0.39 is 0 Å². The predicted molar refractivity (Wildman–Crippen MR) is 83.4 cm³/mol. The molecule has 0 N–H and O–H groups in total.